The molecule has 72 valence electrons. The maximum Gasteiger partial charge on any atom is 0.335 e. The lowest BCUT2D eigenvalue weighted by Gasteiger charge is -2.12. The van der Waals surface area contributed by atoms with Crippen molar-refractivity contribution in [3.05, 3.63) is 0 Å². The molecule has 0 aromatic rings. The van der Waals surface area contributed by atoms with Crippen LogP contribution in [0.25, 0.3) is 0 Å². The number of hydrogen-bond donors (Lipinski definition) is 3. The molecule has 4 nitrogen and oxygen atoms in total. The molecule has 0 heterocycles. The Morgan fingerprint density at radius 1 is 1.33 bits per heavy atom. The third-order valence-electron chi connectivity index (χ3n) is 1.72. The number of aliphatic carboxylic acids is 1. The van der Waals surface area contributed by atoms with E-state index in [1.165, 1.54) is 0 Å². The van der Waals surface area contributed by atoms with Crippen LogP contribution in [0, 0.1) is 0 Å². The molecule has 0 saturated carbocycles. The molecular formula is C8H16O4. The fraction of sp³-hybridized carbons (Fsp3) is 0.875. The van der Waals surface area contributed by atoms with Gasteiger partial charge in [0.25, 0.3) is 0 Å². The van der Waals surface area contributed by atoms with Crippen LogP contribution in [-0.4, -0.2) is 33.5 Å². The van der Waals surface area contributed by atoms with E-state index < -0.39 is 18.2 Å². The van der Waals surface area contributed by atoms with Crippen LogP contribution < -0.4 is 0 Å². The van der Waals surface area contributed by atoms with Gasteiger partial charge in [0, 0.05) is 0 Å². The van der Waals surface area contributed by atoms with Gasteiger partial charge in [0.2, 0.25) is 0 Å². The Hall–Kier alpha value is -0.610. The fourth-order valence-electron chi connectivity index (χ4n) is 0.926. The normalized spacial score (nSPS) is 15.6. The molecular weight excluding hydrogens is 160 g/mol. The van der Waals surface area contributed by atoms with E-state index >= 15 is 0 Å². The first-order chi connectivity index (χ1) is 5.59. The van der Waals surface area contributed by atoms with Crippen molar-refractivity contribution in [3.8, 4) is 0 Å². The Balaban J connectivity index is 3.56. The summed E-state index contributed by atoms with van der Waals surface area (Å²) in [5, 5.41) is 26.2. The van der Waals surface area contributed by atoms with E-state index in [4.69, 9.17) is 15.3 Å². The molecule has 0 radical (unpaired) electrons. The van der Waals surface area contributed by atoms with E-state index in [2.05, 4.69) is 0 Å². The number of aliphatic hydroxyl groups is 2. The van der Waals surface area contributed by atoms with Gasteiger partial charge in [-0.1, -0.05) is 26.2 Å². The topological polar surface area (TPSA) is 77.8 Å². The number of carbonyl (C=O) groups is 1. The smallest absolute Gasteiger partial charge is 0.335 e. The Kier molecular flexibility index (Phi) is 5.66. The zero-order valence-corrected chi connectivity index (χ0v) is 7.23. The standard InChI is InChI=1S/C8H16O4/c1-2-3-4-5-6(9)7(10)8(11)12/h6-7,9-10H,2-5H2,1H3,(H,11,12). The molecule has 0 aliphatic heterocycles. The van der Waals surface area contributed by atoms with E-state index in [9.17, 15) is 4.79 Å². The van der Waals surface area contributed by atoms with Crippen molar-refractivity contribution >= 4 is 5.97 Å². The Morgan fingerprint density at radius 2 is 1.92 bits per heavy atom. The van der Waals surface area contributed by atoms with Crippen LogP contribution in [0.4, 0.5) is 0 Å². The zero-order chi connectivity index (χ0) is 9.56. The predicted octanol–water partition coefficient (Wildman–Crippen LogP) is 0.373. The van der Waals surface area contributed by atoms with Gasteiger partial charge < -0.3 is 15.3 Å². The highest BCUT2D eigenvalue weighted by atomic mass is 16.4. The molecule has 0 saturated heterocycles. The van der Waals surface area contributed by atoms with Crippen molar-refractivity contribution in [2.24, 2.45) is 0 Å². The highest BCUT2D eigenvalue weighted by molar-refractivity contribution is 5.72. The summed E-state index contributed by atoms with van der Waals surface area (Å²) in [6.45, 7) is 2.01. The molecule has 0 rings (SSSR count). The van der Waals surface area contributed by atoms with Crippen LogP contribution in [-0.2, 0) is 4.79 Å². The van der Waals surface area contributed by atoms with Crippen molar-refractivity contribution in [2.75, 3.05) is 0 Å². The van der Waals surface area contributed by atoms with Crippen molar-refractivity contribution in [3.63, 3.8) is 0 Å². The highest BCUT2D eigenvalue weighted by Crippen LogP contribution is 2.06. The molecule has 0 amide bonds. The minimum Gasteiger partial charge on any atom is -0.479 e. The molecule has 0 aromatic carbocycles. The maximum absolute atomic E-state index is 10.2. The maximum atomic E-state index is 10.2. The van der Waals surface area contributed by atoms with Gasteiger partial charge in [0.05, 0.1) is 6.10 Å². The van der Waals surface area contributed by atoms with Crippen molar-refractivity contribution in [1.29, 1.82) is 0 Å². The molecule has 0 bridgehead atoms. The van der Waals surface area contributed by atoms with Crippen molar-refractivity contribution in [1.82, 2.24) is 0 Å². The van der Waals surface area contributed by atoms with Crippen molar-refractivity contribution < 1.29 is 20.1 Å². The summed E-state index contributed by atoms with van der Waals surface area (Å²) in [5.41, 5.74) is 0. The van der Waals surface area contributed by atoms with Crippen LogP contribution in [0.3, 0.4) is 0 Å². The molecule has 3 N–H and O–H groups in total. The third-order valence-corrected chi connectivity index (χ3v) is 1.72. The van der Waals surface area contributed by atoms with Crippen LogP contribution >= 0.6 is 0 Å². The molecule has 4 heteroatoms. The van der Waals surface area contributed by atoms with Crippen LogP contribution in [0.1, 0.15) is 32.6 Å². The zero-order valence-electron chi connectivity index (χ0n) is 7.23. The number of carboxylic acids is 1. The lowest BCUT2D eigenvalue weighted by Crippen LogP contribution is -2.33. The molecule has 0 aliphatic carbocycles. The SMILES string of the molecule is CCCCCC(O)C(O)C(=O)O. The van der Waals surface area contributed by atoms with Gasteiger partial charge in [-0.05, 0) is 6.42 Å². The number of rotatable bonds is 6. The van der Waals surface area contributed by atoms with Crippen LogP contribution in [0.5, 0.6) is 0 Å². The minimum absolute atomic E-state index is 0.349. The quantitative estimate of drug-likeness (QED) is 0.511. The summed E-state index contributed by atoms with van der Waals surface area (Å²) in [7, 11) is 0. The number of aliphatic hydroxyl groups excluding tert-OH is 2. The molecule has 2 atom stereocenters. The summed E-state index contributed by atoms with van der Waals surface area (Å²) in [4.78, 5) is 10.2. The van der Waals surface area contributed by atoms with E-state index in [1.807, 2.05) is 6.92 Å². The van der Waals surface area contributed by atoms with Gasteiger partial charge in [-0.15, -0.1) is 0 Å². The van der Waals surface area contributed by atoms with E-state index in [1.54, 1.807) is 0 Å². The molecule has 0 aliphatic rings. The van der Waals surface area contributed by atoms with Gasteiger partial charge in [0.15, 0.2) is 6.10 Å². The Labute approximate surface area is 71.8 Å². The average molecular weight is 176 g/mol. The van der Waals surface area contributed by atoms with Gasteiger partial charge in [0.1, 0.15) is 0 Å². The van der Waals surface area contributed by atoms with Crippen LogP contribution in [0.15, 0.2) is 0 Å². The first-order valence-corrected chi connectivity index (χ1v) is 4.18. The van der Waals surface area contributed by atoms with Gasteiger partial charge in [-0.3, -0.25) is 0 Å². The Morgan fingerprint density at radius 3 is 2.33 bits per heavy atom. The monoisotopic (exact) mass is 176 g/mol. The van der Waals surface area contributed by atoms with E-state index in [0.717, 1.165) is 19.3 Å². The van der Waals surface area contributed by atoms with Crippen LogP contribution in [0.2, 0.25) is 0 Å². The second-order valence-corrected chi connectivity index (χ2v) is 2.85. The summed E-state index contributed by atoms with van der Waals surface area (Å²) in [6, 6.07) is 0. The molecule has 0 aromatic heterocycles. The fourth-order valence-corrected chi connectivity index (χ4v) is 0.926. The number of carboxylic acid groups (broad SMARTS) is 1. The number of unbranched alkanes of at least 4 members (excludes halogenated alkanes) is 2. The predicted molar refractivity (Wildman–Crippen MR) is 43.8 cm³/mol. The summed E-state index contributed by atoms with van der Waals surface area (Å²) < 4.78 is 0. The van der Waals surface area contributed by atoms with E-state index in [-0.39, 0.29) is 0 Å². The second kappa shape index (κ2) is 5.97. The number of hydrogen-bond acceptors (Lipinski definition) is 3. The summed E-state index contributed by atoms with van der Waals surface area (Å²) in [6.07, 6.45) is 0.290. The van der Waals surface area contributed by atoms with E-state index in [0.29, 0.717) is 6.42 Å². The third kappa shape index (κ3) is 4.31. The largest absolute Gasteiger partial charge is 0.479 e. The first kappa shape index (κ1) is 11.4. The van der Waals surface area contributed by atoms with Gasteiger partial charge >= 0.3 is 5.97 Å². The summed E-state index contributed by atoms with van der Waals surface area (Å²) in [5.74, 6) is -1.36. The summed E-state index contributed by atoms with van der Waals surface area (Å²) >= 11 is 0. The lowest BCUT2D eigenvalue weighted by atomic mass is 10.1. The van der Waals surface area contributed by atoms with Gasteiger partial charge in [-0.2, -0.15) is 0 Å². The molecule has 0 spiro atoms. The lowest BCUT2D eigenvalue weighted by molar-refractivity contribution is -0.153. The molecule has 12 heavy (non-hydrogen) atoms. The minimum atomic E-state index is -1.64. The van der Waals surface area contributed by atoms with Gasteiger partial charge in [-0.25, -0.2) is 4.79 Å². The second-order valence-electron chi connectivity index (χ2n) is 2.85. The average Bonchev–Trinajstić information content (AvgIpc) is 2.03. The highest BCUT2D eigenvalue weighted by Gasteiger charge is 2.22. The molecule has 0 fully saturated rings. The van der Waals surface area contributed by atoms with Crippen molar-refractivity contribution in [2.45, 2.75) is 44.8 Å². The Bertz CT molecular complexity index is 135. The molecule has 2 unspecified atom stereocenters. The first-order valence-electron chi connectivity index (χ1n) is 4.18.